The maximum Gasteiger partial charge on any atom is 0.233 e. The highest BCUT2D eigenvalue weighted by Gasteiger charge is 2.15. The fourth-order valence-electron chi connectivity index (χ4n) is 2.14. The number of thioether (sulfide) groups is 1. The van der Waals surface area contributed by atoms with Gasteiger partial charge in [0.15, 0.2) is 0 Å². The number of aromatic nitrogens is 3. The lowest BCUT2D eigenvalue weighted by molar-refractivity contribution is -0.120. The number of nitrogen functional groups attached to an aromatic ring is 1. The van der Waals surface area contributed by atoms with Crippen LogP contribution in [0.2, 0.25) is 0 Å². The molecule has 1 unspecified atom stereocenters. The minimum atomic E-state index is -0.259. The minimum absolute atomic E-state index is 0.0595. The van der Waals surface area contributed by atoms with E-state index >= 15 is 0 Å². The van der Waals surface area contributed by atoms with Crippen molar-refractivity contribution in [2.45, 2.75) is 24.5 Å². The Hall–Kier alpha value is -2.55. The molecule has 1 atom stereocenters. The van der Waals surface area contributed by atoms with Gasteiger partial charge in [-0.25, -0.2) is 0 Å². The molecular formula is C17H24N6O2S. The molecular weight excluding hydrogens is 352 g/mol. The monoisotopic (exact) mass is 376 g/mol. The van der Waals surface area contributed by atoms with Gasteiger partial charge in [0.2, 0.25) is 17.8 Å². The van der Waals surface area contributed by atoms with Gasteiger partial charge in [0.05, 0.1) is 18.1 Å². The van der Waals surface area contributed by atoms with Crippen molar-refractivity contribution in [1.82, 2.24) is 20.3 Å². The molecule has 9 heteroatoms. The number of nitrogens with one attached hydrogen (secondary N) is 1. The predicted molar refractivity (Wildman–Crippen MR) is 104 cm³/mol. The SMILES string of the molecule is COc1ccccc1CNC(=O)C(C)SCc1nc(N)nc(N(C)C)n1. The van der Waals surface area contributed by atoms with Crippen LogP contribution < -0.4 is 20.7 Å². The number of benzene rings is 1. The van der Waals surface area contributed by atoms with Gasteiger partial charge in [0.25, 0.3) is 0 Å². The number of amides is 1. The van der Waals surface area contributed by atoms with Gasteiger partial charge in [-0.05, 0) is 13.0 Å². The van der Waals surface area contributed by atoms with Crippen LogP contribution in [-0.2, 0) is 17.1 Å². The number of para-hydroxylation sites is 1. The Kier molecular flexibility index (Phi) is 7.02. The molecule has 1 amide bonds. The van der Waals surface area contributed by atoms with E-state index in [4.69, 9.17) is 10.5 Å². The summed E-state index contributed by atoms with van der Waals surface area (Å²) in [6, 6.07) is 7.60. The Morgan fingerprint density at radius 3 is 2.73 bits per heavy atom. The molecule has 0 radical (unpaired) electrons. The average Bonchev–Trinajstić information content (AvgIpc) is 2.63. The van der Waals surface area contributed by atoms with Crippen molar-refractivity contribution >= 4 is 29.6 Å². The maximum absolute atomic E-state index is 12.3. The Balaban J connectivity index is 1.89. The van der Waals surface area contributed by atoms with E-state index in [2.05, 4.69) is 20.3 Å². The lowest BCUT2D eigenvalue weighted by atomic mass is 10.2. The van der Waals surface area contributed by atoms with Gasteiger partial charge in [0, 0.05) is 26.2 Å². The Bertz CT molecular complexity index is 756. The summed E-state index contributed by atoms with van der Waals surface area (Å²) in [6.45, 7) is 2.26. The van der Waals surface area contributed by atoms with Crippen LogP contribution in [0.4, 0.5) is 11.9 Å². The molecule has 8 nitrogen and oxygen atoms in total. The number of hydrogen-bond acceptors (Lipinski definition) is 8. The zero-order valence-corrected chi connectivity index (χ0v) is 16.2. The summed E-state index contributed by atoms with van der Waals surface area (Å²) in [5.74, 6) is 2.39. The molecule has 140 valence electrons. The first kappa shape index (κ1) is 19.8. The van der Waals surface area contributed by atoms with Gasteiger partial charge < -0.3 is 20.7 Å². The largest absolute Gasteiger partial charge is 0.496 e. The second kappa shape index (κ2) is 9.23. The van der Waals surface area contributed by atoms with Crippen molar-refractivity contribution in [2.24, 2.45) is 0 Å². The van der Waals surface area contributed by atoms with Crippen LogP contribution in [0.25, 0.3) is 0 Å². The number of anilines is 2. The summed E-state index contributed by atoms with van der Waals surface area (Å²) < 4.78 is 5.29. The molecule has 0 saturated heterocycles. The quantitative estimate of drug-likeness (QED) is 0.713. The topological polar surface area (TPSA) is 106 Å². The van der Waals surface area contributed by atoms with E-state index in [0.29, 0.717) is 24.1 Å². The third-order valence-electron chi connectivity index (χ3n) is 3.56. The van der Waals surface area contributed by atoms with Gasteiger partial charge in [-0.1, -0.05) is 18.2 Å². The van der Waals surface area contributed by atoms with E-state index in [0.717, 1.165) is 11.3 Å². The van der Waals surface area contributed by atoms with E-state index in [1.165, 1.54) is 11.8 Å². The zero-order chi connectivity index (χ0) is 19.1. The second-order valence-corrected chi connectivity index (χ2v) is 7.12. The Labute approximate surface area is 157 Å². The second-order valence-electron chi connectivity index (χ2n) is 5.79. The number of carbonyl (C=O) groups excluding carboxylic acids is 1. The average molecular weight is 376 g/mol. The number of nitrogens with two attached hydrogens (primary N) is 1. The molecule has 26 heavy (non-hydrogen) atoms. The third kappa shape index (κ3) is 5.48. The molecule has 2 rings (SSSR count). The molecule has 0 aliphatic heterocycles. The van der Waals surface area contributed by atoms with Gasteiger partial charge >= 0.3 is 0 Å². The molecule has 2 aromatic rings. The molecule has 1 aromatic heterocycles. The molecule has 0 fully saturated rings. The van der Waals surface area contributed by atoms with Crippen molar-refractivity contribution < 1.29 is 9.53 Å². The van der Waals surface area contributed by atoms with E-state index in [9.17, 15) is 4.79 Å². The first-order valence-corrected chi connectivity index (χ1v) is 9.14. The molecule has 1 aromatic carbocycles. The van der Waals surface area contributed by atoms with Crippen LogP contribution >= 0.6 is 11.8 Å². The smallest absolute Gasteiger partial charge is 0.233 e. The lowest BCUT2D eigenvalue weighted by Gasteiger charge is -2.14. The Morgan fingerprint density at radius 1 is 1.31 bits per heavy atom. The lowest BCUT2D eigenvalue weighted by Crippen LogP contribution is -2.30. The van der Waals surface area contributed by atoms with Gasteiger partial charge in [-0.15, -0.1) is 11.8 Å². The van der Waals surface area contributed by atoms with E-state index < -0.39 is 0 Å². The van der Waals surface area contributed by atoms with Crippen LogP contribution in [0.15, 0.2) is 24.3 Å². The predicted octanol–water partition coefficient (Wildman–Crippen LogP) is 1.47. The molecule has 0 saturated carbocycles. The highest BCUT2D eigenvalue weighted by Crippen LogP contribution is 2.19. The van der Waals surface area contributed by atoms with Crippen LogP contribution in [0.1, 0.15) is 18.3 Å². The highest BCUT2D eigenvalue weighted by molar-refractivity contribution is 7.99. The molecule has 0 aliphatic carbocycles. The molecule has 3 N–H and O–H groups in total. The van der Waals surface area contributed by atoms with E-state index in [-0.39, 0.29) is 17.1 Å². The molecule has 0 spiro atoms. The Morgan fingerprint density at radius 2 is 2.04 bits per heavy atom. The van der Waals surface area contributed by atoms with Gasteiger partial charge in [-0.2, -0.15) is 15.0 Å². The fourth-order valence-corrected chi connectivity index (χ4v) is 2.90. The summed E-state index contributed by atoms with van der Waals surface area (Å²) in [5.41, 5.74) is 6.65. The number of rotatable bonds is 8. The van der Waals surface area contributed by atoms with Crippen LogP contribution in [0.5, 0.6) is 5.75 Å². The standard InChI is InChI=1S/C17H24N6O2S/c1-11(15(24)19-9-12-7-5-6-8-13(12)25-4)26-10-14-20-16(18)22-17(21-14)23(2)3/h5-8,11H,9-10H2,1-4H3,(H,19,24)(H2,18,20,21,22). The summed E-state index contributed by atoms with van der Waals surface area (Å²) in [5, 5.41) is 2.67. The number of ether oxygens (including phenoxy) is 1. The molecule has 1 heterocycles. The van der Waals surface area contributed by atoms with Gasteiger partial charge in [-0.3, -0.25) is 4.79 Å². The number of carbonyl (C=O) groups is 1. The summed E-state index contributed by atoms with van der Waals surface area (Å²) in [6.07, 6.45) is 0. The van der Waals surface area contributed by atoms with E-state index in [1.54, 1.807) is 12.0 Å². The van der Waals surface area contributed by atoms with Crippen molar-refractivity contribution in [3.63, 3.8) is 0 Å². The number of hydrogen-bond donors (Lipinski definition) is 2. The van der Waals surface area contributed by atoms with E-state index in [1.807, 2.05) is 45.3 Å². The summed E-state index contributed by atoms with van der Waals surface area (Å²) in [7, 11) is 5.28. The summed E-state index contributed by atoms with van der Waals surface area (Å²) >= 11 is 1.44. The maximum atomic E-state index is 12.3. The molecule has 0 bridgehead atoms. The van der Waals surface area contributed by atoms with Crippen molar-refractivity contribution in [1.29, 1.82) is 0 Å². The van der Waals surface area contributed by atoms with Crippen molar-refractivity contribution in [3.05, 3.63) is 35.7 Å². The fraction of sp³-hybridized carbons (Fsp3) is 0.412. The molecule has 0 aliphatic rings. The normalized spacial score (nSPS) is 11.7. The van der Waals surface area contributed by atoms with Crippen LogP contribution in [0.3, 0.4) is 0 Å². The summed E-state index contributed by atoms with van der Waals surface area (Å²) in [4.78, 5) is 26.6. The van der Waals surface area contributed by atoms with Crippen LogP contribution in [-0.4, -0.2) is 47.3 Å². The van der Waals surface area contributed by atoms with Gasteiger partial charge in [0.1, 0.15) is 11.6 Å². The first-order valence-electron chi connectivity index (χ1n) is 8.09. The first-order chi connectivity index (χ1) is 12.4. The van der Waals surface area contributed by atoms with Crippen molar-refractivity contribution in [3.8, 4) is 5.75 Å². The van der Waals surface area contributed by atoms with Crippen LogP contribution in [0, 0.1) is 0 Å². The number of methoxy groups -OCH3 is 1. The number of nitrogens with zero attached hydrogens (tertiary/aromatic N) is 4. The third-order valence-corrected chi connectivity index (χ3v) is 4.70. The highest BCUT2D eigenvalue weighted by atomic mass is 32.2. The minimum Gasteiger partial charge on any atom is -0.496 e. The van der Waals surface area contributed by atoms with Crippen molar-refractivity contribution in [2.75, 3.05) is 31.8 Å². The zero-order valence-electron chi connectivity index (χ0n) is 15.4.